The summed E-state index contributed by atoms with van der Waals surface area (Å²) >= 11 is 5.88. The van der Waals surface area contributed by atoms with Crippen molar-refractivity contribution in [3.8, 4) is 0 Å². The third-order valence-corrected chi connectivity index (χ3v) is 2.51. The minimum Gasteiger partial charge on any atom is -0.322 e. The smallest absolute Gasteiger partial charge is 0.0589 e. The SMILES string of the molecule is N[C@H](Cc1ccccn1)c1cc(Cl)ccn1. The highest BCUT2D eigenvalue weighted by Gasteiger charge is 2.09. The molecule has 2 N–H and O–H groups in total. The van der Waals surface area contributed by atoms with Crippen LogP contribution >= 0.6 is 11.6 Å². The fourth-order valence-electron chi connectivity index (χ4n) is 1.47. The van der Waals surface area contributed by atoms with Crippen molar-refractivity contribution >= 4 is 11.6 Å². The van der Waals surface area contributed by atoms with Crippen LogP contribution in [-0.2, 0) is 6.42 Å². The summed E-state index contributed by atoms with van der Waals surface area (Å²) in [7, 11) is 0. The lowest BCUT2D eigenvalue weighted by molar-refractivity contribution is 0.683. The van der Waals surface area contributed by atoms with E-state index in [2.05, 4.69) is 9.97 Å². The number of hydrogen-bond donors (Lipinski definition) is 1. The number of pyridine rings is 2. The van der Waals surface area contributed by atoms with E-state index in [1.807, 2.05) is 18.2 Å². The minimum atomic E-state index is -0.173. The van der Waals surface area contributed by atoms with Gasteiger partial charge < -0.3 is 5.73 Å². The van der Waals surface area contributed by atoms with Crippen LogP contribution in [0.5, 0.6) is 0 Å². The summed E-state index contributed by atoms with van der Waals surface area (Å²) in [4.78, 5) is 8.42. The quantitative estimate of drug-likeness (QED) is 0.886. The minimum absolute atomic E-state index is 0.173. The second kappa shape index (κ2) is 5.05. The number of nitrogens with two attached hydrogens (primary N) is 1. The van der Waals surface area contributed by atoms with Crippen LogP contribution in [0.15, 0.2) is 42.7 Å². The average Bonchev–Trinajstić information content (AvgIpc) is 2.30. The molecule has 0 aliphatic carbocycles. The molecule has 0 aliphatic heterocycles. The van der Waals surface area contributed by atoms with E-state index in [9.17, 15) is 0 Å². The van der Waals surface area contributed by atoms with Crippen LogP contribution in [0.25, 0.3) is 0 Å². The second-order valence-corrected chi connectivity index (χ2v) is 3.97. The Hall–Kier alpha value is -1.45. The number of rotatable bonds is 3. The van der Waals surface area contributed by atoms with Crippen molar-refractivity contribution in [3.63, 3.8) is 0 Å². The van der Waals surface area contributed by atoms with Crippen LogP contribution in [0.1, 0.15) is 17.4 Å². The highest BCUT2D eigenvalue weighted by atomic mass is 35.5. The standard InChI is InChI=1S/C12H12ClN3/c13-9-4-6-16-12(7-9)11(14)8-10-3-1-2-5-15-10/h1-7,11H,8,14H2/t11-/m1/s1. The lowest BCUT2D eigenvalue weighted by Crippen LogP contribution is -2.15. The predicted octanol–water partition coefficient (Wildman–Crippen LogP) is 2.37. The van der Waals surface area contributed by atoms with Gasteiger partial charge in [0.2, 0.25) is 0 Å². The van der Waals surface area contributed by atoms with Gasteiger partial charge in [0.25, 0.3) is 0 Å². The molecule has 82 valence electrons. The first kappa shape index (κ1) is 11.0. The van der Waals surface area contributed by atoms with Gasteiger partial charge in [-0.05, 0) is 24.3 Å². The zero-order valence-corrected chi connectivity index (χ0v) is 9.43. The molecule has 0 aliphatic rings. The second-order valence-electron chi connectivity index (χ2n) is 3.53. The summed E-state index contributed by atoms with van der Waals surface area (Å²) in [6.07, 6.45) is 4.08. The molecule has 2 heterocycles. The Kier molecular flexibility index (Phi) is 3.49. The molecule has 2 rings (SSSR count). The molecule has 0 fully saturated rings. The first-order chi connectivity index (χ1) is 7.75. The summed E-state index contributed by atoms with van der Waals surface area (Å²) in [5.41, 5.74) is 7.78. The van der Waals surface area contributed by atoms with Crippen molar-refractivity contribution in [1.29, 1.82) is 0 Å². The maximum atomic E-state index is 6.03. The summed E-state index contributed by atoms with van der Waals surface area (Å²) in [5, 5.41) is 0.654. The zero-order chi connectivity index (χ0) is 11.4. The van der Waals surface area contributed by atoms with Crippen LogP contribution in [0, 0.1) is 0 Å². The van der Waals surface area contributed by atoms with Gasteiger partial charge in [-0.25, -0.2) is 0 Å². The summed E-state index contributed by atoms with van der Waals surface area (Å²) in [6.45, 7) is 0. The van der Waals surface area contributed by atoms with Gasteiger partial charge in [0.05, 0.1) is 11.7 Å². The number of halogens is 1. The average molecular weight is 234 g/mol. The Bertz CT molecular complexity index is 459. The molecule has 0 unspecified atom stereocenters. The van der Waals surface area contributed by atoms with Crippen molar-refractivity contribution in [2.75, 3.05) is 0 Å². The fraction of sp³-hybridized carbons (Fsp3) is 0.167. The molecule has 16 heavy (non-hydrogen) atoms. The van der Waals surface area contributed by atoms with Crippen LogP contribution in [-0.4, -0.2) is 9.97 Å². The molecule has 1 atom stereocenters. The van der Waals surface area contributed by atoms with Crippen molar-refractivity contribution in [1.82, 2.24) is 9.97 Å². The first-order valence-electron chi connectivity index (χ1n) is 5.02. The van der Waals surface area contributed by atoms with E-state index in [4.69, 9.17) is 17.3 Å². The van der Waals surface area contributed by atoms with Crippen LogP contribution < -0.4 is 5.73 Å². The molecule has 4 heteroatoms. The molecule has 0 amide bonds. The van der Waals surface area contributed by atoms with Crippen molar-refractivity contribution in [2.24, 2.45) is 5.73 Å². The number of hydrogen-bond acceptors (Lipinski definition) is 3. The molecule has 0 radical (unpaired) electrons. The third kappa shape index (κ3) is 2.78. The summed E-state index contributed by atoms with van der Waals surface area (Å²) in [6, 6.07) is 9.12. The number of aromatic nitrogens is 2. The normalized spacial score (nSPS) is 12.4. The molecule has 0 saturated heterocycles. The third-order valence-electron chi connectivity index (χ3n) is 2.28. The lowest BCUT2D eigenvalue weighted by Gasteiger charge is -2.10. The molecular weight excluding hydrogens is 222 g/mol. The number of nitrogens with zero attached hydrogens (tertiary/aromatic N) is 2. The molecule has 3 nitrogen and oxygen atoms in total. The van der Waals surface area contributed by atoms with E-state index in [1.54, 1.807) is 24.5 Å². The van der Waals surface area contributed by atoms with E-state index in [1.165, 1.54) is 0 Å². The lowest BCUT2D eigenvalue weighted by atomic mass is 10.1. The Labute approximate surface area is 99.3 Å². The van der Waals surface area contributed by atoms with Gasteiger partial charge in [-0.3, -0.25) is 9.97 Å². The van der Waals surface area contributed by atoms with Crippen LogP contribution in [0.2, 0.25) is 5.02 Å². The van der Waals surface area contributed by atoms with Gasteiger partial charge in [-0.1, -0.05) is 17.7 Å². The van der Waals surface area contributed by atoms with Gasteiger partial charge in [-0.2, -0.15) is 0 Å². The highest BCUT2D eigenvalue weighted by molar-refractivity contribution is 6.30. The maximum Gasteiger partial charge on any atom is 0.0589 e. The summed E-state index contributed by atoms with van der Waals surface area (Å²) < 4.78 is 0. The van der Waals surface area contributed by atoms with Gasteiger partial charge in [0, 0.05) is 29.5 Å². The molecule has 2 aromatic heterocycles. The van der Waals surface area contributed by atoms with Crippen LogP contribution in [0.4, 0.5) is 0 Å². The molecule has 2 aromatic rings. The fourth-order valence-corrected chi connectivity index (χ4v) is 1.64. The van der Waals surface area contributed by atoms with Crippen molar-refractivity contribution < 1.29 is 0 Å². The van der Waals surface area contributed by atoms with Crippen LogP contribution in [0.3, 0.4) is 0 Å². The Morgan fingerprint density at radius 1 is 1.19 bits per heavy atom. The molecular formula is C12H12ClN3. The predicted molar refractivity (Wildman–Crippen MR) is 64.1 cm³/mol. The maximum absolute atomic E-state index is 6.03. The van der Waals surface area contributed by atoms with E-state index >= 15 is 0 Å². The Morgan fingerprint density at radius 3 is 2.75 bits per heavy atom. The Balaban J connectivity index is 2.12. The zero-order valence-electron chi connectivity index (χ0n) is 8.68. The monoisotopic (exact) mass is 233 g/mol. The van der Waals surface area contributed by atoms with Crippen molar-refractivity contribution in [2.45, 2.75) is 12.5 Å². The summed E-state index contributed by atoms with van der Waals surface area (Å²) in [5.74, 6) is 0. The van der Waals surface area contributed by atoms with Gasteiger partial charge in [-0.15, -0.1) is 0 Å². The van der Waals surface area contributed by atoms with E-state index in [0.717, 1.165) is 11.4 Å². The Morgan fingerprint density at radius 2 is 2.06 bits per heavy atom. The first-order valence-corrected chi connectivity index (χ1v) is 5.40. The topological polar surface area (TPSA) is 51.8 Å². The van der Waals surface area contributed by atoms with E-state index in [-0.39, 0.29) is 6.04 Å². The molecule has 0 saturated carbocycles. The molecule has 0 bridgehead atoms. The van der Waals surface area contributed by atoms with E-state index < -0.39 is 0 Å². The van der Waals surface area contributed by atoms with E-state index in [0.29, 0.717) is 11.4 Å². The molecule has 0 spiro atoms. The van der Waals surface area contributed by atoms with Gasteiger partial charge in [0.15, 0.2) is 0 Å². The largest absolute Gasteiger partial charge is 0.322 e. The molecule has 0 aromatic carbocycles. The van der Waals surface area contributed by atoms with Gasteiger partial charge in [0.1, 0.15) is 0 Å². The highest BCUT2D eigenvalue weighted by Crippen LogP contribution is 2.16. The van der Waals surface area contributed by atoms with Gasteiger partial charge >= 0.3 is 0 Å². The van der Waals surface area contributed by atoms with Crippen molar-refractivity contribution in [3.05, 3.63) is 59.1 Å².